The lowest BCUT2D eigenvalue weighted by Gasteiger charge is -2.10. The number of ether oxygens (including phenoxy) is 1. The molecule has 7 nitrogen and oxygen atoms in total. The van der Waals surface area contributed by atoms with Crippen LogP contribution in [0, 0.1) is 0 Å². The maximum Gasteiger partial charge on any atom is 0.335 e. The van der Waals surface area contributed by atoms with Crippen molar-refractivity contribution >= 4 is 5.97 Å². The molecule has 2 unspecified atom stereocenters. The van der Waals surface area contributed by atoms with Gasteiger partial charge in [-0.2, -0.15) is 0 Å². The molecule has 0 radical (unpaired) electrons. The van der Waals surface area contributed by atoms with E-state index >= 15 is 0 Å². The van der Waals surface area contributed by atoms with Gasteiger partial charge in [-0.1, -0.05) is 18.2 Å². The van der Waals surface area contributed by atoms with Crippen molar-refractivity contribution in [3.63, 3.8) is 0 Å². The average molecular weight is 288 g/mol. The normalized spacial score (nSPS) is 13.0. The Morgan fingerprint density at radius 2 is 1.45 bits per heavy atom. The monoisotopic (exact) mass is 288 g/mol. The number of carboxylic acids is 1. The van der Waals surface area contributed by atoms with Crippen LogP contribution in [-0.2, 0) is 4.74 Å². The molecule has 2 atom stereocenters. The summed E-state index contributed by atoms with van der Waals surface area (Å²) in [6, 6.07) is 8.30. The van der Waals surface area contributed by atoms with Crippen molar-refractivity contribution in [3.05, 3.63) is 35.9 Å². The molecule has 1 aromatic rings. The zero-order valence-electron chi connectivity index (χ0n) is 10.9. The lowest BCUT2D eigenvalue weighted by molar-refractivity contribution is -0.0364. The molecule has 0 amide bonds. The predicted octanol–water partition coefficient (Wildman–Crippen LogP) is -0.906. The van der Waals surface area contributed by atoms with Gasteiger partial charge in [0.15, 0.2) is 0 Å². The highest BCUT2D eigenvalue weighted by atomic mass is 16.5. The summed E-state index contributed by atoms with van der Waals surface area (Å²) in [5, 5.41) is 42.5. The van der Waals surface area contributed by atoms with E-state index in [-0.39, 0.29) is 26.4 Å². The van der Waals surface area contributed by atoms with Crippen LogP contribution in [0.15, 0.2) is 30.3 Å². The summed E-state index contributed by atoms with van der Waals surface area (Å²) in [7, 11) is 0. The quantitative estimate of drug-likeness (QED) is 0.439. The second-order valence-electron chi connectivity index (χ2n) is 3.88. The first-order valence-electron chi connectivity index (χ1n) is 5.95. The average Bonchev–Trinajstić information content (AvgIpc) is 2.48. The van der Waals surface area contributed by atoms with E-state index in [1.165, 1.54) is 0 Å². The van der Waals surface area contributed by atoms with E-state index in [0.717, 1.165) is 0 Å². The van der Waals surface area contributed by atoms with Gasteiger partial charge in [-0.3, -0.25) is 0 Å². The second-order valence-corrected chi connectivity index (χ2v) is 3.88. The number of aliphatic hydroxyl groups excluding tert-OH is 4. The van der Waals surface area contributed by atoms with E-state index in [0.29, 0.717) is 5.56 Å². The third-order valence-electron chi connectivity index (χ3n) is 2.06. The van der Waals surface area contributed by atoms with E-state index in [9.17, 15) is 4.79 Å². The molecule has 0 heterocycles. The van der Waals surface area contributed by atoms with Crippen molar-refractivity contribution < 1.29 is 35.1 Å². The molecule has 0 aliphatic rings. The first kappa shape index (κ1) is 18.5. The van der Waals surface area contributed by atoms with Crippen molar-refractivity contribution in [2.24, 2.45) is 0 Å². The van der Waals surface area contributed by atoms with Gasteiger partial charge < -0.3 is 30.3 Å². The van der Waals surface area contributed by atoms with Gasteiger partial charge in [0, 0.05) is 0 Å². The first-order chi connectivity index (χ1) is 9.51. The van der Waals surface area contributed by atoms with Gasteiger partial charge in [-0.15, -0.1) is 0 Å². The number of rotatable bonds is 7. The number of aliphatic hydroxyl groups is 4. The molecular formula is C13H20O7. The number of carbonyl (C=O) groups is 1. The van der Waals surface area contributed by atoms with Gasteiger partial charge >= 0.3 is 5.97 Å². The van der Waals surface area contributed by atoms with Gasteiger partial charge in [0.2, 0.25) is 0 Å². The fourth-order valence-electron chi connectivity index (χ4n) is 1.03. The molecule has 1 aromatic carbocycles. The minimum atomic E-state index is -0.916. The highest BCUT2D eigenvalue weighted by molar-refractivity contribution is 5.87. The maximum atomic E-state index is 10.2. The van der Waals surface area contributed by atoms with E-state index in [2.05, 4.69) is 0 Å². The molecule has 1 rings (SSSR count). The lowest BCUT2D eigenvalue weighted by atomic mass is 10.2. The van der Waals surface area contributed by atoms with Crippen LogP contribution in [0.3, 0.4) is 0 Å². The van der Waals surface area contributed by atoms with E-state index in [1.807, 2.05) is 0 Å². The molecule has 7 heteroatoms. The van der Waals surface area contributed by atoms with Gasteiger partial charge in [-0.25, -0.2) is 4.79 Å². The largest absolute Gasteiger partial charge is 0.478 e. The standard InChI is InChI=1S/C7H6O2.C6H14O5/c8-7(9)6-4-2-1-3-5-6;7-1-5(9)3-11-4-6(10)2-8/h1-5H,(H,8,9);5-10H,1-4H2. The molecule has 0 aromatic heterocycles. The number of hydrogen-bond donors (Lipinski definition) is 5. The molecular weight excluding hydrogens is 268 g/mol. The van der Waals surface area contributed by atoms with E-state index in [1.54, 1.807) is 30.3 Å². The summed E-state index contributed by atoms with van der Waals surface area (Å²) < 4.78 is 4.72. The van der Waals surface area contributed by atoms with E-state index in [4.69, 9.17) is 30.3 Å². The molecule has 20 heavy (non-hydrogen) atoms. The summed E-state index contributed by atoms with van der Waals surface area (Å²) in [5.41, 5.74) is 0.331. The minimum Gasteiger partial charge on any atom is -0.478 e. The summed E-state index contributed by atoms with van der Waals surface area (Å²) in [5.74, 6) is -0.879. The summed E-state index contributed by atoms with van der Waals surface area (Å²) in [4.78, 5) is 10.2. The fraction of sp³-hybridized carbons (Fsp3) is 0.462. The molecule has 0 bridgehead atoms. The second kappa shape index (κ2) is 11.3. The van der Waals surface area contributed by atoms with Crippen LogP contribution in [0.5, 0.6) is 0 Å². The number of aromatic carboxylic acids is 1. The smallest absolute Gasteiger partial charge is 0.335 e. The van der Waals surface area contributed by atoms with Crippen LogP contribution < -0.4 is 0 Å². The van der Waals surface area contributed by atoms with Crippen molar-refractivity contribution in [3.8, 4) is 0 Å². The number of carboxylic acid groups (broad SMARTS) is 1. The zero-order valence-corrected chi connectivity index (χ0v) is 10.9. The Morgan fingerprint density at radius 3 is 1.75 bits per heavy atom. The van der Waals surface area contributed by atoms with E-state index < -0.39 is 18.2 Å². The van der Waals surface area contributed by atoms with Crippen LogP contribution in [0.25, 0.3) is 0 Å². The Bertz CT molecular complexity index is 345. The van der Waals surface area contributed by atoms with Crippen LogP contribution in [0.2, 0.25) is 0 Å². The lowest BCUT2D eigenvalue weighted by Crippen LogP contribution is -2.25. The van der Waals surface area contributed by atoms with Crippen LogP contribution in [-0.4, -0.2) is 70.1 Å². The Hall–Kier alpha value is -1.51. The first-order valence-corrected chi connectivity index (χ1v) is 5.95. The summed E-state index contributed by atoms with van der Waals surface area (Å²) in [6.07, 6.45) is -1.83. The van der Waals surface area contributed by atoms with Crippen LogP contribution in [0.1, 0.15) is 10.4 Å². The van der Waals surface area contributed by atoms with Crippen LogP contribution >= 0.6 is 0 Å². The molecule has 0 fully saturated rings. The molecule has 114 valence electrons. The fourth-order valence-corrected chi connectivity index (χ4v) is 1.03. The van der Waals surface area contributed by atoms with Gasteiger partial charge in [0.1, 0.15) is 12.2 Å². The number of hydrogen-bond acceptors (Lipinski definition) is 6. The van der Waals surface area contributed by atoms with Gasteiger partial charge in [0.25, 0.3) is 0 Å². The SMILES string of the molecule is O=C(O)c1ccccc1.OCC(O)COCC(O)CO. The highest BCUT2D eigenvalue weighted by Crippen LogP contribution is 1.96. The Morgan fingerprint density at radius 1 is 1.00 bits per heavy atom. The van der Waals surface area contributed by atoms with Gasteiger partial charge in [0.05, 0.1) is 32.0 Å². The van der Waals surface area contributed by atoms with Crippen molar-refractivity contribution in [2.45, 2.75) is 12.2 Å². The van der Waals surface area contributed by atoms with Crippen LogP contribution in [0.4, 0.5) is 0 Å². The van der Waals surface area contributed by atoms with Crippen molar-refractivity contribution in [2.75, 3.05) is 26.4 Å². The van der Waals surface area contributed by atoms with Crippen molar-refractivity contribution in [1.29, 1.82) is 0 Å². The third kappa shape index (κ3) is 9.42. The number of benzene rings is 1. The molecule has 0 saturated carbocycles. The molecule has 0 spiro atoms. The topological polar surface area (TPSA) is 127 Å². The maximum absolute atomic E-state index is 10.2. The summed E-state index contributed by atoms with van der Waals surface area (Å²) >= 11 is 0. The minimum absolute atomic E-state index is 0.0342. The summed E-state index contributed by atoms with van der Waals surface area (Å²) in [6.45, 7) is -0.800. The highest BCUT2D eigenvalue weighted by Gasteiger charge is 2.04. The Labute approximate surface area is 116 Å². The van der Waals surface area contributed by atoms with Gasteiger partial charge in [-0.05, 0) is 12.1 Å². The Kier molecular flexibility index (Phi) is 10.5. The molecule has 0 saturated heterocycles. The van der Waals surface area contributed by atoms with Crippen molar-refractivity contribution in [1.82, 2.24) is 0 Å². The predicted molar refractivity (Wildman–Crippen MR) is 70.4 cm³/mol. The molecule has 5 N–H and O–H groups in total. The zero-order chi connectivity index (χ0) is 15.4. The Balaban J connectivity index is 0.000000367. The third-order valence-corrected chi connectivity index (χ3v) is 2.06. The molecule has 0 aliphatic heterocycles. The molecule has 0 aliphatic carbocycles.